The molecule has 0 bridgehead atoms. The van der Waals surface area contributed by atoms with Crippen molar-refractivity contribution in [3.8, 4) is 11.4 Å². The molecule has 2 aromatic heterocycles. The summed E-state index contributed by atoms with van der Waals surface area (Å²) >= 11 is 0. The Hall–Kier alpha value is -1.77. The molecule has 0 aromatic carbocycles. The lowest BCUT2D eigenvalue weighted by molar-refractivity contribution is 1.22. The van der Waals surface area contributed by atoms with Gasteiger partial charge in [-0.3, -0.25) is 4.79 Å². The molecule has 0 saturated carbocycles. The molecule has 0 aliphatic heterocycles. The molecule has 0 unspecified atom stereocenters. The molecule has 3 heteroatoms. The first-order valence-corrected chi connectivity index (χ1v) is 3.69. The van der Waals surface area contributed by atoms with E-state index in [1.807, 2.05) is 24.4 Å². The Kier molecular flexibility index (Phi) is 1.55. The minimum absolute atomic E-state index is 0.0814. The highest BCUT2D eigenvalue weighted by Crippen LogP contribution is 2.10. The maximum Gasteiger partial charge on any atom is 0.248 e. The van der Waals surface area contributed by atoms with Crippen molar-refractivity contribution >= 4 is 0 Å². The first kappa shape index (κ1) is 6.91. The van der Waals surface area contributed by atoms with Crippen LogP contribution in [0.3, 0.4) is 0 Å². The second kappa shape index (κ2) is 2.70. The van der Waals surface area contributed by atoms with E-state index in [4.69, 9.17) is 0 Å². The number of aromatic nitrogens is 2. The average Bonchev–Trinajstić information content (AvgIpc) is 2.56. The van der Waals surface area contributed by atoms with Crippen LogP contribution in [-0.2, 0) is 0 Å². The lowest BCUT2D eigenvalue weighted by atomic mass is 10.3. The molecule has 0 spiro atoms. The predicted molar refractivity (Wildman–Crippen MR) is 46.8 cm³/mol. The number of H-pyrrole nitrogens is 2. The van der Waals surface area contributed by atoms with Crippen LogP contribution >= 0.6 is 0 Å². The van der Waals surface area contributed by atoms with Crippen molar-refractivity contribution in [2.45, 2.75) is 0 Å². The largest absolute Gasteiger partial charge is 0.360 e. The van der Waals surface area contributed by atoms with Gasteiger partial charge in [0.25, 0.3) is 0 Å². The van der Waals surface area contributed by atoms with Crippen molar-refractivity contribution in [1.82, 2.24) is 9.97 Å². The Morgan fingerprint density at radius 1 is 1.00 bits per heavy atom. The molecule has 0 radical (unpaired) electrons. The fourth-order valence-corrected chi connectivity index (χ4v) is 1.10. The van der Waals surface area contributed by atoms with Gasteiger partial charge in [-0.25, -0.2) is 0 Å². The molecule has 0 fully saturated rings. The Morgan fingerprint density at radius 3 is 2.50 bits per heavy atom. The number of hydrogen-bond acceptors (Lipinski definition) is 1. The summed E-state index contributed by atoms with van der Waals surface area (Å²) in [6.07, 6.45) is 1.82. The summed E-state index contributed by atoms with van der Waals surface area (Å²) in [7, 11) is 0. The molecule has 2 rings (SSSR count). The van der Waals surface area contributed by atoms with E-state index >= 15 is 0 Å². The highest BCUT2D eigenvalue weighted by molar-refractivity contribution is 5.53. The molecular formula is C9H8N2O. The van der Waals surface area contributed by atoms with E-state index in [0.29, 0.717) is 0 Å². The van der Waals surface area contributed by atoms with Crippen LogP contribution in [0.25, 0.3) is 11.4 Å². The van der Waals surface area contributed by atoms with Gasteiger partial charge in [0.1, 0.15) is 0 Å². The molecule has 0 atom stereocenters. The molecule has 2 heterocycles. The Bertz CT molecular complexity index is 414. The first-order valence-electron chi connectivity index (χ1n) is 3.69. The van der Waals surface area contributed by atoms with E-state index in [0.717, 1.165) is 11.4 Å². The maximum absolute atomic E-state index is 10.9. The molecule has 0 aliphatic carbocycles. The van der Waals surface area contributed by atoms with E-state index in [9.17, 15) is 4.79 Å². The summed E-state index contributed by atoms with van der Waals surface area (Å²) in [4.78, 5) is 16.6. The van der Waals surface area contributed by atoms with Gasteiger partial charge in [-0.2, -0.15) is 0 Å². The minimum Gasteiger partial charge on any atom is -0.360 e. The molecule has 12 heavy (non-hydrogen) atoms. The van der Waals surface area contributed by atoms with Gasteiger partial charge in [0, 0.05) is 12.3 Å². The van der Waals surface area contributed by atoms with Gasteiger partial charge in [-0.15, -0.1) is 0 Å². The Morgan fingerprint density at radius 2 is 1.83 bits per heavy atom. The van der Waals surface area contributed by atoms with Crippen LogP contribution in [0.2, 0.25) is 0 Å². The molecule has 60 valence electrons. The maximum atomic E-state index is 10.9. The lowest BCUT2D eigenvalue weighted by Gasteiger charge is -1.94. The van der Waals surface area contributed by atoms with Crippen LogP contribution in [0.5, 0.6) is 0 Å². The smallest absolute Gasteiger partial charge is 0.248 e. The number of nitrogens with one attached hydrogen (secondary N) is 2. The van der Waals surface area contributed by atoms with Crippen LogP contribution in [0.4, 0.5) is 0 Å². The normalized spacial score (nSPS) is 10.0. The molecule has 2 aromatic rings. The van der Waals surface area contributed by atoms with E-state index in [-0.39, 0.29) is 5.56 Å². The first-order chi connectivity index (χ1) is 5.86. The third-order valence-electron chi connectivity index (χ3n) is 1.66. The van der Waals surface area contributed by atoms with Gasteiger partial charge >= 0.3 is 0 Å². The molecule has 2 N–H and O–H groups in total. The monoisotopic (exact) mass is 160 g/mol. The molecular weight excluding hydrogens is 152 g/mol. The van der Waals surface area contributed by atoms with Crippen LogP contribution < -0.4 is 5.56 Å². The molecule has 0 aliphatic rings. The van der Waals surface area contributed by atoms with E-state index in [1.54, 1.807) is 6.07 Å². The van der Waals surface area contributed by atoms with Gasteiger partial charge in [0.15, 0.2) is 0 Å². The lowest BCUT2D eigenvalue weighted by Crippen LogP contribution is -2.03. The highest BCUT2D eigenvalue weighted by atomic mass is 16.1. The number of aromatic amines is 2. The Balaban J connectivity index is 2.55. The Labute approximate surface area is 69.1 Å². The zero-order chi connectivity index (χ0) is 8.39. The van der Waals surface area contributed by atoms with Gasteiger partial charge in [0.05, 0.1) is 11.4 Å². The molecule has 0 amide bonds. The average molecular weight is 160 g/mol. The third-order valence-corrected chi connectivity index (χ3v) is 1.66. The van der Waals surface area contributed by atoms with Gasteiger partial charge in [-0.05, 0) is 18.2 Å². The fourth-order valence-electron chi connectivity index (χ4n) is 1.10. The second-order valence-electron chi connectivity index (χ2n) is 2.51. The number of rotatable bonds is 1. The van der Waals surface area contributed by atoms with Gasteiger partial charge < -0.3 is 9.97 Å². The standard InChI is InChI=1S/C9H8N2O/c12-9-5-1-3-8(11-9)7-4-2-6-10-7/h1-6,10H,(H,11,12). The quantitative estimate of drug-likeness (QED) is 0.650. The second-order valence-corrected chi connectivity index (χ2v) is 2.51. The zero-order valence-corrected chi connectivity index (χ0v) is 6.37. The van der Waals surface area contributed by atoms with Crippen molar-refractivity contribution in [3.63, 3.8) is 0 Å². The molecule has 3 nitrogen and oxygen atoms in total. The summed E-state index contributed by atoms with van der Waals surface area (Å²) in [5.74, 6) is 0. The zero-order valence-electron chi connectivity index (χ0n) is 6.37. The van der Waals surface area contributed by atoms with Crippen molar-refractivity contribution in [2.75, 3.05) is 0 Å². The number of pyridine rings is 1. The third kappa shape index (κ3) is 1.16. The van der Waals surface area contributed by atoms with Crippen molar-refractivity contribution in [3.05, 3.63) is 46.9 Å². The summed E-state index contributed by atoms with van der Waals surface area (Å²) in [5, 5.41) is 0. The fraction of sp³-hybridized carbons (Fsp3) is 0. The van der Waals surface area contributed by atoms with Crippen molar-refractivity contribution in [2.24, 2.45) is 0 Å². The van der Waals surface area contributed by atoms with Crippen LogP contribution in [0.15, 0.2) is 41.3 Å². The van der Waals surface area contributed by atoms with Gasteiger partial charge in [-0.1, -0.05) is 6.07 Å². The van der Waals surface area contributed by atoms with E-state index < -0.39 is 0 Å². The van der Waals surface area contributed by atoms with Crippen LogP contribution in [0.1, 0.15) is 0 Å². The minimum atomic E-state index is -0.0814. The van der Waals surface area contributed by atoms with Crippen molar-refractivity contribution in [1.29, 1.82) is 0 Å². The highest BCUT2D eigenvalue weighted by Gasteiger charge is 1.95. The van der Waals surface area contributed by atoms with Crippen LogP contribution in [0, 0.1) is 0 Å². The van der Waals surface area contributed by atoms with Crippen molar-refractivity contribution < 1.29 is 0 Å². The molecule has 0 saturated heterocycles. The van der Waals surface area contributed by atoms with Gasteiger partial charge in [0.2, 0.25) is 5.56 Å². The summed E-state index contributed by atoms with van der Waals surface area (Å²) in [6.45, 7) is 0. The van der Waals surface area contributed by atoms with Crippen LogP contribution in [-0.4, -0.2) is 9.97 Å². The summed E-state index contributed by atoms with van der Waals surface area (Å²) in [6, 6.07) is 8.88. The number of hydrogen-bond donors (Lipinski definition) is 2. The van der Waals surface area contributed by atoms with E-state index in [1.165, 1.54) is 6.07 Å². The topological polar surface area (TPSA) is 48.6 Å². The SMILES string of the molecule is O=c1cccc(-c2ccc[nH]2)[nH]1. The summed E-state index contributed by atoms with van der Waals surface area (Å²) < 4.78 is 0. The summed E-state index contributed by atoms with van der Waals surface area (Å²) in [5.41, 5.74) is 1.65. The predicted octanol–water partition coefficient (Wildman–Crippen LogP) is 1.37. The van der Waals surface area contributed by atoms with E-state index in [2.05, 4.69) is 9.97 Å².